The van der Waals surface area contributed by atoms with E-state index in [-0.39, 0.29) is 0 Å². The lowest BCUT2D eigenvalue weighted by molar-refractivity contribution is -0.660. The molecule has 5 rings (SSSR count). The molecule has 3 heterocycles. The van der Waals surface area contributed by atoms with Gasteiger partial charge in [-0.25, -0.2) is 9.55 Å². The molecule has 0 atom stereocenters. The standard InChI is InChI=1S/C30H31N2O/c1-18(2)21-8-7-9-22(16-21)23-14-15-32(6)27(17-23)28-20(5)10-11-24-25-12-13-26(19(3)4)31-30(25)33-29(24)28/h7-19H,1-6H3/q+1. The smallest absolute Gasteiger partial charge is 0.227 e. The molecule has 0 spiro atoms. The molecule has 166 valence electrons. The topological polar surface area (TPSA) is 29.9 Å². The third kappa shape index (κ3) is 3.72. The molecule has 3 aromatic heterocycles. The van der Waals surface area contributed by atoms with Crippen LogP contribution in [-0.2, 0) is 7.05 Å². The van der Waals surface area contributed by atoms with E-state index in [9.17, 15) is 0 Å². The summed E-state index contributed by atoms with van der Waals surface area (Å²) in [5, 5.41) is 2.18. The number of hydrogen-bond donors (Lipinski definition) is 0. The van der Waals surface area contributed by atoms with Crippen molar-refractivity contribution in [3.05, 3.63) is 83.7 Å². The van der Waals surface area contributed by atoms with E-state index in [0.29, 0.717) is 17.5 Å². The van der Waals surface area contributed by atoms with Gasteiger partial charge in [0.1, 0.15) is 7.05 Å². The van der Waals surface area contributed by atoms with Gasteiger partial charge in [-0.05, 0) is 53.1 Å². The molecular formula is C30H31N2O+. The maximum absolute atomic E-state index is 6.44. The molecule has 0 N–H and O–H groups in total. The van der Waals surface area contributed by atoms with E-state index in [1.165, 1.54) is 22.3 Å². The first kappa shape index (κ1) is 21.4. The highest BCUT2D eigenvalue weighted by molar-refractivity contribution is 6.08. The van der Waals surface area contributed by atoms with E-state index in [1.807, 2.05) is 0 Å². The van der Waals surface area contributed by atoms with Gasteiger partial charge in [0.2, 0.25) is 11.4 Å². The van der Waals surface area contributed by atoms with Crippen LogP contribution in [0.3, 0.4) is 0 Å². The minimum atomic E-state index is 0.361. The SMILES string of the molecule is Cc1ccc2c(oc3nc(C(C)C)ccc32)c1-c1cc(-c2cccc(C(C)C)c2)cc[n+]1C. The average Bonchev–Trinajstić information content (AvgIpc) is 3.17. The number of nitrogens with zero attached hydrogens (tertiary/aromatic N) is 2. The first-order valence-electron chi connectivity index (χ1n) is 11.8. The van der Waals surface area contributed by atoms with E-state index in [2.05, 4.69) is 113 Å². The minimum Gasteiger partial charge on any atom is -0.437 e. The van der Waals surface area contributed by atoms with Crippen molar-refractivity contribution in [2.45, 2.75) is 46.5 Å². The third-order valence-corrected chi connectivity index (χ3v) is 6.62. The van der Waals surface area contributed by atoms with Gasteiger partial charge < -0.3 is 4.42 Å². The summed E-state index contributed by atoms with van der Waals surface area (Å²) in [6.07, 6.45) is 2.14. The first-order valence-corrected chi connectivity index (χ1v) is 11.8. The summed E-state index contributed by atoms with van der Waals surface area (Å²) in [4.78, 5) is 4.82. The van der Waals surface area contributed by atoms with Crippen LogP contribution in [0.5, 0.6) is 0 Å². The number of furan rings is 1. The van der Waals surface area contributed by atoms with E-state index in [0.717, 1.165) is 33.3 Å². The Morgan fingerprint density at radius 1 is 0.818 bits per heavy atom. The molecule has 0 aliphatic rings. The lowest BCUT2D eigenvalue weighted by Crippen LogP contribution is -2.30. The van der Waals surface area contributed by atoms with Crippen LogP contribution < -0.4 is 4.57 Å². The van der Waals surface area contributed by atoms with Crippen molar-refractivity contribution < 1.29 is 8.98 Å². The summed E-state index contributed by atoms with van der Waals surface area (Å²) in [6, 6.07) is 21.9. The number of fused-ring (bicyclic) bond motifs is 3. The van der Waals surface area contributed by atoms with Crippen LogP contribution in [0.15, 0.2) is 71.3 Å². The quantitative estimate of drug-likeness (QED) is 0.271. The highest BCUT2D eigenvalue weighted by Crippen LogP contribution is 2.37. The zero-order valence-electron chi connectivity index (χ0n) is 20.3. The molecule has 3 nitrogen and oxygen atoms in total. The van der Waals surface area contributed by atoms with Gasteiger partial charge in [-0.2, -0.15) is 0 Å². The second-order valence-electron chi connectivity index (χ2n) is 9.67. The van der Waals surface area contributed by atoms with Crippen molar-refractivity contribution in [2.24, 2.45) is 7.05 Å². The average molecular weight is 436 g/mol. The van der Waals surface area contributed by atoms with Gasteiger partial charge in [-0.3, -0.25) is 0 Å². The third-order valence-electron chi connectivity index (χ3n) is 6.62. The molecule has 0 saturated heterocycles. The van der Waals surface area contributed by atoms with Gasteiger partial charge in [0.15, 0.2) is 11.8 Å². The zero-order chi connectivity index (χ0) is 23.3. The van der Waals surface area contributed by atoms with Crippen molar-refractivity contribution >= 4 is 22.1 Å². The predicted octanol–water partition coefficient (Wildman–Crippen LogP) is 7.69. The highest BCUT2D eigenvalue weighted by Gasteiger charge is 2.22. The van der Waals surface area contributed by atoms with Crippen LogP contribution in [0.1, 0.15) is 56.4 Å². The van der Waals surface area contributed by atoms with Crippen LogP contribution >= 0.6 is 0 Å². The monoisotopic (exact) mass is 435 g/mol. The minimum absolute atomic E-state index is 0.361. The summed E-state index contributed by atoms with van der Waals surface area (Å²) >= 11 is 0. The maximum atomic E-state index is 6.44. The molecule has 33 heavy (non-hydrogen) atoms. The summed E-state index contributed by atoms with van der Waals surface area (Å²) in [5.41, 5.74) is 9.92. The lowest BCUT2D eigenvalue weighted by atomic mass is 9.95. The lowest BCUT2D eigenvalue weighted by Gasteiger charge is -2.10. The molecule has 0 radical (unpaired) electrons. The Bertz CT molecular complexity index is 1490. The second kappa shape index (κ2) is 8.15. The van der Waals surface area contributed by atoms with Gasteiger partial charge in [0, 0.05) is 28.6 Å². The van der Waals surface area contributed by atoms with Crippen molar-refractivity contribution in [1.82, 2.24) is 4.98 Å². The fraction of sp³-hybridized carbons (Fsp3) is 0.267. The Morgan fingerprint density at radius 2 is 1.58 bits per heavy atom. The summed E-state index contributed by atoms with van der Waals surface area (Å²) < 4.78 is 8.61. The van der Waals surface area contributed by atoms with Gasteiger partial charge in [-0.1, -0.05) is 64.1 Å². The molecule has 2 aromatic carbocycles. The van der Waals surface area contributed by atoms with Crippen LogP contribution in [0.4, 0.5) is 0 Å². The van der Waals surface area contributed by atoms with E-state index < -0.39 is 0 Å². The predicted molar refractivity (Wildman–Crippen MR) is 136 cm³/mol. The Morgan fingerprint density at radius 3 is 2.33 bits per heavy atom. The molecule has 0 unspecified atom stereocenters. The molecular weight excluding hydrogens is 404 g/mol. The Hall–Kier alpha value is -3.46. The molecule has 3 heteroatoms. The molecule has 0 saturated carbocycles. The van der Waals surface area contributed by atoms with Crippen LogP contribution in [-0.4, -0.2) is 4.98 Å². The molecule has 0 aliphatic heterocycles. The Balaban J connectivity index is 1.73. The molecule has 0 amide bonds. The molecule has 0 fully saturated rings. The Labute approximate surface area is 195 Å². The van der Waals surface area contributed by atoms with E-state index in [1.54, 1.807) is 0 Å². The van der Waals surface area contributed by atoms with Crippen LogP contribution in [0.2, 0.25) is 0 Å². The summed E-state index contributed by atoms with van der Waals surface area (Å²) in [7, 11) is 2.10. The molecule has 5 aromatic rings. The number of rotatable bonds is 4. The first-order chi connectivity index (χ1) is 15.8. The van der Waals surface area contributed by atoms with Crippen molar-refractivity contribution in [2.75, 3.05) is 0 Å². The molecule has 0 bridgehead atoms. The Kier molecular flexibility index (Phi) is 5.28. The van der Waals surface area contributed by atoms with E-state index >= 15 is 0 Å². The van der Waals surface area contributed by atoms with Crippen molar-refractivity contribution in [3.63, 3.8) is 0 Å². The number of hydrogen-bond acceptors (Lipinski definition) is 2. The van der Waals surface area contributed by atoms with E-state index in [4.69, 9.17) is 9.40 Å². The molecule has 0 aliphatic carbocycles. The fourth-order valence-corrected chi connectivity index (χ4v) is 4.55. The van der Waals surface area contributed by atoms with Gasteiger partial charge in [0.25, 0.3) is 0 Å². The largest absolute Gasteiger partial charge is 0.437 e. The van der Waals surface area contributed by atoms with Crippen LogP contribution in [0.25, 0.3) is 44.5 Å². The number of pyridine rings is 2. The van der Waals surface area contributed by atoms with Gasteiger partial charge in [-0.15, -0.1) is 0 Å². The van der Waals surface area contributed by atoms with Gasteiger partial charge >= 0.3 is 0 Å². The zero-order valence-corrected chi connectivity index (χ0v) is 20.3. The summed E-state index contributed by atoms with van der Waals surface area (Å²) in [5.74, 6) is 0.860. The van der Waals surface area contributed by atoms with Crippen LogP contribution in [0, 0.1) is 6.92 Å². The number of aromatic nitrogens is 2. The number of benzene rings is 2. The second-order valence-corrected chi connectivity index (χ2v) is 9.67. The van der Waals surface area contributed by atoms with Crippen molar-refractivity contribution in [3.8, 4) is 22.4 Å². The normalized spacial score (nSPS) is 11.9. The highest BCUT2D eigenvalue weighted by atomic mass is 16.3. The summed E-state index contributed by atoms with van der Waals surface area (Å²) in [6.45, 7) is 10.9. The number of aryl methyl sites for hydroxylation is 2. The fourth-order valence-electron chi connectivity index (χ4n) is 4.55. The maximum Gasteiger partial charge on any atom is 0.227 e. The van der Waals surface area contributed by atoms with Gasteiger partial charge in [0.05, 0.1) is 5.56 Å². The van der Waals surface area contributed by atoms with Crippen molar-refractivity contribution in [1.29, 1.82) is 0 Å².